The molecular weight excluding hydrogens is 459 g/mol. The van der Waals surface area contributed by atoms with E-state index in [9.17, 15) is 9.18 Å². The minimum Gasteiger partial charge on any atom is -0.494 e. The van der Waals surface area contributed by atoms with Crippen LogP contribution in [0.2, 0.25) is 0 Å². The van der Waals surface area contributed by atoms with E-state index in [2.05, 4.69) is 15.5 Å². The van der Waals surface area contributed by atoms with Crippen molar-refractivity contribution in [3.63, 3.8) is 0 Å². The molecule has 1 unspecified atom stereocenters. The summed E-state index contributed by atoms with van der Waals surface area (Å²) >= 11 is 0. The first kappa shape index (κ1) is 23.3. The molecule has 0 saturated heterocycles. The van der Waals surface area contributed by atoms with Crippen LogP contribution in [0.1, 0.15) is 36.9 Å². The number of halogens is 1. The molecule has 1 aliphatic heterocycles. The van der Waals surface area contributed by atoms with Gasteiger partial charge in [-0.3, -0.25) is 4.90 Å². The number of aryl methyl sites for hydroxylation is 1. The van der Waals surface area contributed by atoms with Crippen molar-refractivity contribution in [3.05, 3.63) is 101 Å². The smallest absolute Gasteiger partial charge is 0.327 e. The van der Waals surface area contributed by atoms with Crippen LogP contribution in [0.25, 0.3) is 17.0 Å². The zero-order valence-electron chi connectivity index (χ0n) is 20.2. The number of hydrogen-bond donors (Lipinski definition) is 1. The molecule has 182 valence electrons. The number of urea groups is 1. The topological polar surface area (TPSA) is 80.5 Å². The molecule has 3 aromatic carbocycles. The predicted molar refractivity (Wildman–Crippen MR) is 135 cm³/mol. The highest BCUT2D eigenvalue weighted by Gasteiger charge is 2.36. The summed E-state index contributed by atoms with van der Waals surface area (Å²) in [5.41, 5.74) is 4.32. The lowest BCUT2D eigenvalue weighted by Gasteiger charge is -2.35. The molecule has 0 bridgehead atoms. The van der Waals surface area contributed by atoms with Crippen LogP contribution in [0, 0.1) is 12.7 Å². The van der Waals surface area contributed by atoms with E-state index < -0.39 is 11.9 Å². The SMILES string of the molecule is CCOc1ccc(C2NC(=O)N(c3cccc(F)c3)C(C)=C2c2nc(-c3ccc(C)cc3)no2)cc1. The molecule has 4 aromatic rings. The van der Waals surface area contributed by atoms with E-state index in [1.54, 1.807) is 19.1 Å². The first-order chi connectivity index (χ1) is 17.4. The fourth-order valence-electron chi connectivity index (χ4n) is 4.27. The van der Waals surface area contributed by atoms with Crippen molar-refractivity contribution in [1.29, 1.82) is 0 Å². The number of benzene rings is 3. The number of carbonyl (C=O) groups excluding carboxylic acids is 1. The van der Waals surface area contributed by atoms with Gasteiger partial charge in [0, 0.05) is 11.3 Å². The van der Waals surface area contributed by atoms with Gasteiger partial charge in [0.05, 0.1) is 23.9 Å². The molecule has 1 atom stereocenters. The highest BCUT2D eigenvalue weighted by molar-refractivity contribution is 6.01. The Morgan fingerprint density at radius 3 is 2.50 bits per heavy atom. The lowest BCUT2D eigenvalue weighted by atomic mass is 9.94. The minimum absolute atomic E-state index is 0.267. The van der Waals surface area contributed by atoms with Crippen molar-refractivity contribution in [2.75, 3.05) is 11.5 Å². The summed E-state index contributed by atoms with van der Waals surface area (Å²) < 4.78 is 25.3. The quantitative estimate of drug-likeness (QED) is 0.348. The summed E-state index contributed by atoms with van der Waals surface area (Å²) in [6, 6.07) is 20.2. The molecule has 0 aliphatic carbocycles. The lowest BCUT2D eigenvalue weighted by molar-refractivity contribution is 0.244. The van der Waals surface area contributed by atoms with E-state index in [1.807, 2.05) is 62.4 Å². The molecule has 1 N–H and O–H groups in total. The van der Waals surface area contributed by atoms with E-state index in [1.165, 1.54) is 17.0 Å². The number of carbonyl (C=O) groups is 1. The van der Waals surface area contributed by atoms with Gasteiger partial charge in [0.2, 0.25) is 5.82 Å². The van der Waals surface area contributed by atoms with Gasteiger partial charge in [0.25, 0.3) is 5.89 Å². The van der Waals surface area contributed by atoms with Gasteiger partial charge in [-0.1, -0.05) is 53.2 Å². The monoisotopic (exact) mass is 484 g/mol. The Labute approximate surface area is 208 Å². The number of rotatable bonds is 6. The van der Waals surface area contributed by atoms with E-state index in [4.69, 9.17) is 9.26 Å². The Balaban J connectivity index is 1.62. The third-order valence-electron chi connectivity index (χ3n) is 6.04. The second-order valence-electron chi connectivity index (χ2n) is 8.49. The second-order valence-corrected chi connectivity index (χ2v) is 8.49. The third kappa shape index (κ3) is 4.45. The molecule has 8 heteroatoms. The van der Waals surface area contributed by atoms with Crippen LogP contribution in [0.5, 0.6) is 5.75 Å². The van der Waals surface area contributed by atoms with E-state index in [-0.39, 0.29) is 11.9 Å². The molecule has 5 rings (SSSR count). The molecule has 2 amide bonds. The number of nitrogens with one attached hydrogen (secondary N) is 1. The van der Waals surface area contributed by atoms with Crippen LogP contribution in [0.15, 0.2) is 83.0 Å². The van der Waals surface area contributed by atoms with Crippen LogP contribution >= 0.6 is 0 Å². The van der Waals surface area contributed by atoms with Gasteiger partial charge in [-0.05, 0) is 56.7 Å². The van der Waals surface area contributed by atoms with Gasteiger partial charge in [-0.25, -0.2) is 9.18 Å². The summed E-state index contributed by atoms with van der Waals surface area (Å²) in [5, 5.41) is 7.22. The maximum absolute atomic E-state index is 14.0. The Morgan fingerprint density at radius 1 is 1.06 bits per heavy atom. The first-order valence-corrected chi connectivity index (χ1v) is 11.7. The Bertz CT molecular complexity index is 1430. The summed E-state index contributed by atoms with van der Waals surface area (Å²) in [7, 11) is 0. The van der Waals surface area contributed by atoms with Crippen molar-refractivity contribution < 1.29 is 18.4 Å². The van der Waals surface area contributed by atoms with Crippen molar-refractivity contribution in [1.82, 2.24) is 15.5 Å². The second kappa shape index (κ2) is 9.65. The van der Waals surface area contributed by atoms with Crippen molar-refractivity contribution >= 4 is 17.3 Å². The lowest BCUT2D eigenvalue weighted by Crippen LogP contribution is -2.46. The van der Waals surface area contributed by atoms with E-state index in [0.29, 0.717) is 29.4 Å². The van der Waals surface area contributed by atoms with Crippen molar-refractivity contribution in [3.8, 4) is 17.1 Å². The van der Waals surface area contributed by atoms with E-state index in [0.717, 1.165) is 22.4 Å². The minimum atomic E-state index is -0.565. The van der Waals surface area contributed by atoms with Crippen LogP contribution in [0.3, 0.4) is 0 Å². The molecule has 0 spiro atoms. The largest absolute Gasteiger partial charge is 0.494 e. The zero-order chi connectivity index (χ0) is 25.2. The van der Waals surface area contributed by atoms with Crippen LogP contribution < -0.4 is 15.0 Å². The number of allylic oxidation sites excluding steroid dienone is 1. The molecule has 36 heavy (non-hydrogen) atoms. The zero-order valence-corrected chi connectivity index (χ0v) is 20.2. The summed E-state index contributed by atoms with van der Waals surface area (Å²) in [6.07, 6.45) is 0. The number of hydrogen-bond acceptors (Lipinski definition) is 5. The van der Waals surface area contributed by atoms with Crippen molar-refractivity contribution in [2.45, 2.75) is 26.8 Å². The van der Waals surface area contributed by atoms with Gasteiger partial charge >= 0.3 is 6.03 Å². The molecule has 1 aliphatic rings. The van der Waals surface area contributed by atoms with Crippen molar-refractivity contribution in [2.24, 2.45) is 0 Å². The number of nitrogens with zero attached hydrogens (tertiary/aromatic N) is 3. The summed E-state index contributed by atoms with van der Waals surface area (Å²) in [4.78, 5) is 19.4. The molecule has 7 nitrogen and oxygen atoms in total. The Morgan fingerprint density at radius 2 is 1.81 bits per heavy atom. The number of amides is 2. The molecule has 0 fully saturated rings. The van der Waals surface area contributed by atoms with E-state index >= 15 is 0 Å². The Kier molecular flexibility index (Phi) is 6.25. The average Bonchev–Trinajstić information content (AvgIpc) is 3.34. The highest BCUT2D eigenvalue weighted by Crippen LogP contribution is 2.39. The summed E-state index contributed by atoms with van der Waals surface area (Å²) in [6.45, 7) is 6.26. The van der Waals surface area contributed by atoms with Gasteiger partial charge in [0.1, 0.15) is 11.6 Å². The molecule has 2 heterocycles. The number of anilines is 1. The van der Waals surface area contributed by atoms with Gasteiger partial charge in [-0.2, -0.15) is 4.98 Å². The number of aromatic nitrogens is 2. The standard InChI is InChI=1S/C28H25FN4O3/c1-4-35-23-14-12-19(13-15-23)25-24(27-31-26(32-36-27)20-10-8-17(2)9-11-20)18(3)33(28(34)30-25)22-7-5-6-21(29)16-22/h5-16,25H,4H2,1-3H3,(H,30,34). The van der Waals surface area contributed by atoms with Crippen LogP contribution in [0.4, 0.5) is 14.9 Å². The number of ether oxygens (including phenoxy) is 1. The van der Waals surface area contributed by atoms with Crippen LogP contribution in [-0.2, 0) is 0 Å². The van der Waals surface area contributed by atoms with Crippen LogP contribution in [-0.4, -0.2) is 22.8 Å². The normalized spacial score (nSPS) is 15.7. The fourth-order valence-corrected chi connectivity index (χ4v) is 4.27. The first-order valence-electron chi connectivity index (χ1n) is 11.7. The Hall–Kier alpha value is -4.46. The van der Waals surface area contributed by atoms with Gasteiger partial charge in [0.15, 0.2) is 0 Å². The molecule has 0 radical (unpaired) electrons. The highest BCUT2D eigenvalue weighted by atomic mass is 19.1. The third-order valence-corrected chi connectivity index (χ3v) is 6.04. The van der Waals surface area contributed by atoms with Gasteiger partial charge < -0.3 is 14.6 Å². The maximum atomic E-state index is 14.0. The summed E-state index contributed by atoms with van der Waals surface area (Å²) in [5.74, 6) is 0.988. The predicted octanol–water partition coefficient (Wildman–Crippen LogP) is 6.28. The molecule has 0 saturated carbocycles. The van der Waals surface area contributed by atoms with Gasteiger partial charge in [-0.15, -0.1) is 0 Å². The average molecular weight is 485 g/mol. The molecule has 1 aromatic heterocycles. The fraction of sp³-hybridized carbons (Fsp3) is 0.179. The molecular formula is C28H25FN4O3. The maximum Gasteiger partial charge on any atom is 0.327 e.